The van der Waals surface area contributed by atoms with Crippen LogP contribution in [0.4, 0.5) is 4.79 Å². The lowest BCUT2D eigenvalue weighted by molar-refractivity contribution is 0.0622. The molecule has 0 atom stereocenters. The predicted octanol–water partition coefficient (Wildman–Crippen LogP) is 3.91. The molecule has 1 amide bonds. The van der Waals surface area contributed by atoms with E-state index in [0.29, 0.717) is 12.1 Å². The van der Waals surface area contributed by atoms with E-state index in [9.17, 15) is 9.59 Å². The molecule has 1 N–H and O–H groups in total. The van der Waals surface area contributed by atoms with Crippen molar-refractivity contribution in [2.75, 3.05) is 6.54 Å². The summed E-state index contributed by atoms with van der Waals surface area (Å²) >= 11 is 0. The van der Waals surface area contributed by atoms with Gasteiger partial charge in [0.25, 0.3) is 0 Å². The third-order valence-corrected chi connectivity index (χ3v) is 2.99. The minimum Gasteiger partial charge on any atom is -0.373 e. The first kappa shape index (κ1) is 16.2. The van der Waals surface area contributed by atoms with Crippen LogP contribution in [0, 0.1) is 0 Å². The van der Waals surface area contributed by atoms with Crippen molar-refractivity contribution in [1.29, 1.82) is 0 Å². The quantitative estimate of drug-likeness (QED) is 0.445. The summed E-state index contributed by atoms with van der Waals surface area (Å²) in [6, 6.07) is 8.48. The van der Waals surface area contributed by atoms with Gasteiger partial charge in [-0.1, -0.05) is 57.2 Å². The molecule has 0 fully saturated rings. The van der Waals surface area contributed by atoms with E-state index in [1.807, 2.05) is 0 Å². The second kappa shape index (κ2) is 10.0. The first-order chi connectivity index (χ1) is 9.74. The Bertz CT molecular complexity index is 403. The van der Waals surface area contributed by atoms with E-state index in [0.717, 1.165) is 12.8 Å². The SMILES string of the molecule is CCCCCCCCNC(=O)OC(=O)c1ccccc1. The van der Waals surface area contributed by atoms with Crippen LogP contribution in [0.5, 0.6) is 0 Å². The van der Waals surface area contributed by atoms with E-state index >= 15 is 0 Å². The van der Waals surface area contributed by atoms with Crippen LogP contribution in [-0.4, -0.2) is 18.6 Å². The number of ether oxygens (including phenoxy) is 1. The van der Waals surface area contributed by atoms with Gasteiger partial charge in [-0.2, -0.15) is 0 Å². The molecule has 0 aliphatic carbocycles. The normalized spacial score (nSPS) is 10.1. The summed E-state index contributed by atoms with van der Waals surface area (Å²) < 4.78 is 4.69. The van der Waals surface area contributed by atoms with Crippen LogP contribution in [0.15, 0.2) is 30.3 Å². The Kier molecular flexibility index (Phi) is 8.11. The van der Waals surface area contributed by atoms with E-state index in [1.165, 1.54) is 25.7 Å². The van der Waals surface area contributed by atoms with Crippen molar-refractivity contribution >= 4 is 12.1 Å². The molecule has 4 nitrogen and oxygen atoms in total. The fourth-order valence-electron chi connectivity index (χ4n) is 1.85. The summed E-state index contributed by atoms with van der Waals surface area (Å²) in [7, 11) is 0. The molecule has 0 aromatic heterocycles. The molecule has 4 heteroatoms. The molecule has 0 saturated carbocycles. The fourth-order valence-corrected chi connectivity index (χ4v) is 1.85. The highest BCUT2D eigenvalue weighted by Gasteiger charge is 2.11. The third kappa shape index (κ3) is 6.92. The summed E-state index contributed by atoms with van der Waals surface area (Å²) in [5, 5.41) is 2.59. The van der Waals surface area contributed by atoms with Gasteiger partial charge in [0, 0.05) is 6.54 Å². The summed E-state index contributed by atoms with van der Waals surface area (Å²) in [4.78, 5) is 23.0. The maximum Gasteiger partial charge on any atom is 0.415 e. The van der Waals surface area contributed by atoms with Gasteiger partial charge in [-0.15, -0.1) is 0 Å². The number of hydrogen-bond donors (Lipinski definition) is 1. The Morgan fingerprint density at radius 2 is 1.65 bits per heavy atom. The highest BCUT2D eigenvalue weighted by atomic mass is 16.6. The van der Waals surface area contributed by atoms with Crippen molar-refractivity contribution in [1.82, 2.24) is 5.32 Å². The second-order valence-corrected chi connectivity index (χ2v) is 4.74. The van der Waals surface area contributed by atoms with Gasteiger partial charge in [0.2, 0.25) is 0 Å². The maximum absolute atomic E-state index is 11.6. The smallest absolute Gasteiger partial charge is 0.373 e. The van der Waals surface area contributed by atoms with Gasteiger partial charge in [0.1, 0.15) is 0 Å². The zero-order valence-electron chi connectivity index (χ0n) is 12.1. The minimum absolute atomic E-state index is 0.377. The molecule has 20 heavy (non-hydrogen) atoms. The standard InChI is InChI=1S/C16H23NO3/c1-2-3-4-5-6-10-13-17-16(19)20-15(18)14-11-8-7-9-12-14/h7-9,11-12H,2-6,10,13H2,1H3,(H,17,19). The average Bonchev–Trinajstić information content (AvgIpc) is 2.47. The number of rotatable bonds is 8. The first-order valence-corrected chi connectivity index (χ1v) is 7.29. The number of amides is 1. The molecule has 1 aromatic carbocycles. The van der Waals surface area contributed by atoms with Crippen LogP contribution in [0.2, 0.25) is 0 Å². The van der Waals surface area contributed by atoms with Crippen LogP contribution in [0.3, 0.4) is 0 Å². The predicted molar refractivity (Wildman–Crippen MR) is 78.6 cm³/mol. The maximum atomic E-state index is 11.6. The fraction of sp³-hybridized carbons (Fsp3) is 0.500. The summed E-state index contributed by atoms with van der Waals surface area (Å²) in [6.45, 7) is 2.73. The van der Waals surface area contributed by atoms with E-state index in [4.69, 9.17) is 4.74 Å². The zero-order valence-corrected chi connectivity index (χ0v) is 12.1. The molecule has 1 rings (SSSR count). The monoisotopic (exact) mass is 277 g/mol. The van der Waals surface area contributed by atoms with E-state index < -0.39 is 12.1 Å². The molecular formula is C16H23NO3. The number of hydrogen-bond acceptors (Lipinski definition) is 3. The lowest BCUT2D eigenvalue weighted by Gasteiger charge is -2.05. The van der Waals surface area contributed by atoms with Gasteiger partial charge in [-0.05, 0) is 18.6 Å². The van der Waals surface area contributed by atoms with Crippen LogP contribution in [-0.2, 0) is 4.74 Å². The molecule has 0 unspecified atom stereocenters. The Morgan fingerprint density at radius 3 is 2.35 bits per heavy atom. The van der Waals surface area contributed by atoms with Crippen molar-refractivity contribution in [2.24, 2.45) is 0 Å². The molecular weight excluding hydrogens is 254 g/mol. The zero-order chi connectivity index (χ0) is 14.6. The number of unbranched alkanes of at least 4 members (excludes halogenated alkanes) is 5. The summed E-state index contributed by atoms with van der Waals surface area (Å²) in [6.07, 6.45) is 6.26. The number of benzene rings is 1. The molecule has 110 valence electrons. The molecule has 0 aliphatic heterocycles. The number of carbonyl (C=O) groups is 2. The largest absolute Gasteiger partial charge is 0.415 e. The van der Waals surface area contributed by atoms with Gasteiger partial charge in [-0.3, -0.25) is 0 Å². The third-order valence-electron chi connectivity index (χ3n) is 2.99. The highest BCUT2D eigenvalue weighted by molar-refractivity contribution is 5.96. The van der Waals surface area contributed by atoms with Crippen LogP contribution in [0.1, 0.15) is 55.8 Å². The van der Waals surface area contributed by atoms with Crippen molar-refractivity contribution < 1.29 is 14.3 Å². The van der Waals surface area contributed by atoms with Gasteiger partial charge < -0.3 is 10.1 Å². The molecule has 1 aromatic rings. The number of esters is 1. The molecule has 0 saturated heterocycles. The van der Waals surface area contributed by atoms with E-state index in [1.54, 1.807) is 30.3 Å². The van der Waals surface area contributed by atoms with Crippen LogP contribution >= 0.6 is 0 Å². The van der Waals surface area contributed by atoms with E-state index in [2.05, 4.69) is 12.2 Å². The lowest BCUT2D eigenvalue weighted by atomic mass is 10.1. The molecule has 0 radical (unpaired) electrons. The van der Waals surface area contributed by atoms with Crippen molar-refractivity contribution in [2.45, 2.75) is 45.4 Å². The Labute approximate surface area is 120 Å². The lowest BCUT2D eigenvalue weighted by Crippen LogP contribution is -2.27. The highest BCUT2D eigenvalue weighted by Crippen LogP contribution is 2.04. The molecule has 0 bridgehead atoms. The summed E-state index contributed by atoms with van der Waals surface area (Å²) in [5.41, 5.74) is 0.377. The first-order valence-electron chi connectivity index (χ1n) is 7.29. The molecule has 0 aliphatic rings. The Morgan fingerprint density at radius 1 is 1.00 bits per heavy atom. The topological polar surface area (TPSA) is 55.4 Å². The number of nitrogens with one attached hydrogen (secondary N) is 1. The van der Waals surface area contributed by atoms with Crippen LogP contribution in [0.25, 0.3) is 0 Å². The van der Waals surface area contributed by atoms with Crippen molar-refractivity contribution in [3.63, 3.8) is 0 Å². The molecule has 0 spiro atoms. The Balaban J connectivity index is 2.10. The second-order valence-electron chi connectivity index (χ2n) is 4.74. The Hall–Kier alpha value is -1.84. The van der Waals surface area contributed by atoms with Gasteiger partial charge >= 0.3 is 12.1 Å². The van der Waals surface area contributed by atoms with Crippen molar-refractivity contribution in [3.8, 4) is 0 Å². The average molecular weight is 277 g/mol. The van der Waals surface area contributed by atoms with Gasteiger partial charge in [0.15, 0.2) is 0 Å². The molecule has 0 heterocycles. The summed E-state index contributed by atoms with van der Waals surface area (Å²) in [5.74, 6) is -0.619. The van der Waals surface area contributed by atoms with Gasteiger partial charge in [-0.25, -0.2) is 9.59 Å². The number of alkyl carbamates (subject to hydrolysis) is 1. The number of carbonyl (C=O) groups excluding carboxylic acids is 2. The van der Waals surface area contributed by atoms with Crippen LogP contribution < -0.4 is 5.32 Å². The minimum atomic E-state index is -0.674. The van der Waals surface area contributed by atoms with E-state index in [-0.39, 0.29) is 0 Å². The van der Waals surface area contributed by atoms with Gasteiger partial charge in [0.05, 0.1) is 5.56 Å². The van der Waals surface area contributed by atoms with Crippen molar-refractivity contribution in [3.05, 3.63) is 35.9 Å².